The van der Waals surface area contributed by atoms with Gasteiger partial charge in [0.1, 0.15) is 0 Å². The molecule has 1 aliphatic rings. The molecule has 3 nitrogen and oxygen atoms in total. The number of likely N-dealkylation sites (tertiary alicyclic amines) is 1. The van der Waals surface area contributed by atoms with Gasteiger partial charge in [0.25, 0.3) is 0 Å². The molecular formula is C11H22N2O. The molecule has 0 aromatic heterocycles. The monoisotopic (exact) mass is 198 g/mol. The van der Waals surface area contributed by atoms with E-state index in [-0.39, 0.29) is 11.9 Å². The second-order valence-electron chi connectivity index (χ2n) is 4.42. The minimum Gasteiger partial charge on any atom is -0.338 e. The van der Waals surface area contributed by atoms with Crippen molar-refractivity contribution in [2.24, 2.45) is 5.92 Å². The number of hydrogen-bond donors (Lipinski definition) is 1. The molecule has 0 aromatic carbocycles. The normalized spacial score (nSPS) is 24.8. The molecule has 3 heteroatoms. The van der Waals surface area contributed by atoms with E-state index in [9.17, 15) is 4.79 Å². The molecule has 1 fully saturated rings. The minimum absolute atomic E-state index is 0.0706. The number of carbonyl (C=O) groups excluding carboxylic acids is 1. The van der Waals surface area contributed by atoms with E-state index >= 15 is 0 Å². The summed E-state index contributed by atoms with van der Waals surface area (Å²) in [5.74, 6) is 0.826. The van der Waals surface area contributed by atoms with Crippen LogP contribution in [0.15, 0.2) is 0 Å². The highest BCUT2D eigenvalue weighted by Gasteiger charge is 2.34. The highest BCUT2D eigenvalue weighted by atomic mass is 16.2. The van der Waals surface area contributed by atoms with Gasteiger partial charge in [0, 0.05) is 12.6 Å². The van der Waals surface area contributed by atoms with Crippen LogP contribution in [-0.2, 0) is 4.79 Å². The molecule has 0 radical (unpaired) electrons. The van der Waals surface area contributed by atoms with Crippen molar-refractivity contribution in [2.45, 2.75) is 46.2 Å². The lowest BCUT2D eigenvalue weighted by Crippen LogP contribution is -2.43. The Morgan fingerprint density at radius 1 is 1.50 bits per heavy atom. The zero-order valence-corrected chi connectivity index (χ0v) is 9.71. The zero-order chi connectivity index (χ0) is 10.7. The third kappa shape index (κ3) is 2.27. The van der Waals surface area contributed by atoms with Crippen LogP contribution in [-0.4, -0.2) is 36.0 Å². The van der Waals surface area contributed by atoms with Crippen molar-refractivity contribution in [3.8, 4) is 0 Å². The Bertz CT molecular complexity index is 203. The van der Waals surface area contributed by atoms with E-state index in [0.717, 1.165) is 19.5 Å². The van der Waals surface area contributed by atoms with E-state index in [1.54, 1.807) is 0 Å². The fourth-order valence-electron chi connectivity index (χ4n) is 1.90. The number of hydrogen-bond acceptors (Lipinski definition) is 2. The Balaban J connectivity index is 2.55. The first-order chi connectivity index (χ1) is 6.57. The molecule has 2 atom stereocenters. The quantitative estimate of drug-likeness (QED) is 0.737. The van der Waals surface area contributed by atoms with E-state index < -0.39 is 0 Å². The zero-order valence-electron chi connectivity index (χ0n) is 9.71. The molecule has 1 amide bonds. The van der Waals surface area contributed by atoms with E-state index in [4.69, 9.17) is 0 Å². The van der Waals surface area contributed by atoms with Crippen molar-refractivity contribution >= 4 is 5.91 Å². The van der Waals surface area contributed by atoms with Gasteiger partial charge in [-0.2, -0.15) is 0 Å². The van der Waals surface area contributed by atoms with Gasteiger partial charge in [-0.25, -0.2) is 0 Å². The molecule has 1 saturated heterocycles. The molecule has 2 unspecified atom stereocenters. The molecule has 1 heterocycles. The van der Waals surface area contributed by atoms with E-state index in [2.05, 4.69) is 26.1 Å². The fraction of sp³-hybridized carbons (Fsp3) is 0.909. The van der Waals surface area contributed by atoms with Crippen molar-refractivity contribution in [1.29, 1.82) is 0 Å². The maximum absolute atomic E-state index is 11.9. The topological polar surface area (TPSA) is 32.3 Å². The highest BCUT2D eigenvalue weighted by Crippen LogP contribution is 2.18. The first-order valence-electron chi connectivity index (χ1n) is 5.61. The van der Waals surface area contributed by atoms with Crippen LogP contribution in [0.2, 0.25) is 0 Å². The van der Waals surface area contributed by atoms with Crippen molar-refractivity contribution in [3.63, 3.8) is 0 Å². The van der Waals surface area contributed by atoms with Crippen LogP contribution >= 0.6 is 0 Å². The van der Waals surface area contributed by atoms with Gasteiger partial charge >= 0.3 is 0 Å². The third-order valence-electron chi connectivity index (χ3n) is 3.15. The first-order valence-corrected chi connectivity index (χ1v) is 5.61. The van der Waals surface area contributed by atoms with Gasteiger partial charge in [-0.1, -0.05) is 20.8 Å². The van der Waals surface area contributed by atoms with Crippen LogP contribution in [0.3, 0.4) is 0 Å². The van der Waals surface area contributed by atoms with E-state index in [1.165, 1.54) is 0 Å². The van der Waals surface area contributed by atoms with Gasteiger partial charge in [0.15, 0.2) is 0 Å². The summed E-state index contributed by atoms with van der Waals surface area (Å²) in [6.07, 6.45) is 0.962. The Labute approximate surface area is 86.9 Å². The molecule has 0 aliphatic carbocycles. The van der Waals surface area contributed by atoms with Gasteiger partial charge in [0.2, 0.25) is 5.91 Å². The van der Waals surface area contributed by atoms with Gasteiger partial charge in [0.05, 0.1) is 6.04 Å². The van der Waals surface area contributed by atoms with Crippen molar-refractivity contribution < 1.29 is 4.79 Å². The predicted molar refractivity (Wildman–Crippen MR) is 58.1 cm³/mol. The number of likely N-dealkylation sites (N-methyl/N-ethyl adjacent to an activating group) is 1. The number of carbonyl (C=O) groups is 1. The third-order valence-corrected chi connectivity index (χ3v) is 3.15. The van der Waals surface area contributed by atoms with Gasteiger partial charge in [-0.05, 0) is 25.8 Å². The average Bonchev–Trinajstić information content (AvgIpc) is 2.48. The van der Waals surface area contributed by atoms with Crippen LogP contribution in [0.5, 0.6) is 0 Å². The van der Waals surface area contributed by atoms with Crippen LogP contribution < -0.4 is 5.32 Å². The Hall–Kier alpha value is -0.570. The van der Waals surface area contributed by atoms with Crippen LogP contribution in [0, 0.1) is 5.92 Å². The number of rotatable bonds is 4. The maximum Gasteiger partial charge on any atom is 0.240 e. The average molecular weight is 198 g/mol. The second-order valence-corrected chi connectivity index (χ2v) is 4.42. The molecule has 82 valence electrons. The number of nitrogens with one attached hydrogen (secondary N) is 1. The summed E-state index contributed by atoms with van der Waals surface area (Å²) in [7, 11) is 0. The van der Waals surface area contributed by atoms with Crippen molar-refractivity contribution in [1.82, 2.24) is 10.2 Å². The van der Waals surface area contributed by atoms with Gasteiger partial charge < -0.3 is 10.2 Å². The lowest BCUT2D eigenvalue weighted by molar-refractivity contribution is -0.131. The molecule has 1 aliphatic heterocycles. The predicted octanol–water partition coefficient (Wildman–Crippen LogP) is 1.24. The summed E-state index contributed by atoms with van der Waals surface area (Å²) in [5, 5.41) is 3.23. The van der Waals surface area contributed by atoms with Crippen LogP contribution in [0.4, 0.5) is 0 Å². The molecule has 0 spiro atoms. The van der Waals surface area contributed by atoms with E-state index in [1.807, 2.05) is 11.8 Å². The fourth-order valence-corrected chi connectivity index (χ4v) is 1.90. The Morgan fingerprint density at radius 3 is 2.64 bits per heavy atom. The Morgan fingerprint density at radius 2 is 2.14 bits per heavy atom. The molecular weight excluding hydrogens is 176 g/mol. The standard InChI is InChI=1S/C11H22N2O/c1-5-12-10-6-7-13(11(10)14)9(4)8(2)3/h8-10,12H,5-7H2,1-4H3. The van der Waals surface area contributed by atoms with Crippen LogP contribution in [0.25, 0.3) is 0 Å². The molecule has 1 N–H and O–H groups in total. The largest absolute Gasteiger partial charge is 0.338 e. The van der Waals surface area contributed by atoms with Gasteiger partial charge in [-0.3, -0.25) is 4.79 Å². The molecule has 1 rings (SSSR count). The van der Waals surface area contributed by atoms with Crippen molar-refractivity contribution in [3.05, 3.63) is 0 Å². The van der Waals surface area contributed by atoms with Crippen LogP contribution in [0.1, 0.15) is 34.1 Å². The maximum atomic E-state index is 11.9. The summed E-state index contributed by atoms with van der Waals surface area (Å²) in [4.78, 5) is 13.9. The summed E-state index contributed by atoms with van der Waals surface area (Å²) in [6, 6.07) is 0.437. The molecule has 0 saturated carbocycles. The smallest absolute Gasteiger partial charge is 0.240 e. The lowest BCUT2D eigenvalue weighted by atomic mass is 10.1. The summed E-state index contributed by atoms with van der Waals surface area (Å²) in [6.45, 7) is 10.3. The Kier molecular flexibility index (Phi) is 3.93. The summed E-state index contributed by atoms with van der Waals surface area (Å²) >= 11 is 0. The molecule has 14 heavy (non-hydrogen) atoms. The molecule has 0 bridgehead atoms. The summed E-state index contributed by atoms with van der Waals surface area (Å²) in [5.41, 5.74) is 0. The highest BCUT2D eigenvalue weighted by molar-refractivity contribution is 5.84. The van der Waals surface area contributed by atoms with Gasteiger partial charge in [-0.15, -0.1) is 0 Å². The van der Waals surface area contributed by atoms with Crippen molar-refractivity contribution in [2.75, 3.05) is 13.1 Å². The minimum atomic E-state index is 0.0706. The second kappa shape index (κ2) is 4.78. The number of amides is 1. The van der Waals surface area contributed by atoms with E-state index in [0.29, 0.717) is 12.0 Å². The number of nitrogens with zero attached hydrogens (tertiary/aromatic N) is 1. The lowest BCUT2D eigenvalue weighted by Gasteiger charge is -2.27. The summed E-state index contributed by atoms with van der Waals surface area (Å²) < 4.78 is 0. The first kappa shape index (κ1) is 11.5. The SMILES string of the molecule is CCNC1CCN(C(C)C(C)C)C1=O. The molecule has 0 aromatic rings.